The molecule has 2 amide bonds. The second kappa shape index (κ2) is 5.29. The molecule has 18 heavy (non-hydrogen) atoms. The van der Waals surface area contributed by atoms with Gasteiger partial charge in [0.05, 0.1) is 6.54 Å². The van der Waals surface area contributed by atoms with E-state index in [1.54, 1.807) is 4.90 Å². The molecule has 4 nitrogen and oxygen atoms in total. The van der Waals surface area contributed by atoms with Crippen LogP contribution in [0.5, 0.6) is 0 Å². The Hall–Kier alpha value is -1.06. The van der Waals surface area contributed by atoms with Crippen LogP contribution in [0, 0.1) is 17.3 Å². The van der Waals surface area contributed by atoms with Crippen LogP contribution < -0.4 is 5.32 Å². The Labute approximate surface area is 110 Å². The van der Waals surface area contributed by atoms with Crippen molar-refractivity contribution in [2.75, 3.05) is 13.1 Å². The highest BCUT2D eigenvalue weighted by Crippen LogP contribution is 2.28. The molecule has 0 aromatic heterocycles. The Morgan fingerprint density at radius 3 is 2.28 bits per heavy atom. The predicted octanol–water partition coefficient (Wildman–Crippen LogP) is 1.65. The minimum Gasteiger partial charge on any atom is -0.343 e. The average Bonchev–Trinajstić information content (AvgIpc) is 2.21. The van der Waals surface area contributed by atoms with Gasteiger partial charge in [0.15, 0.2) is 0 Å². The number of rotatable bonds is 4. The zero-order valence-corrected chi connectivity index (χ0v) is 12.4. The Morgan fingerprint density at radius 2 is 1.83 bits per heavy atom. The first-order valence-corrected chi connectivity index (χ1v) is 6.73. The van der Waals surface area contributed by atoms with Gasteiger partial charge in [-0.15, -0.1) is 0 Å². The van der Waals surface area contributed by atoms with Crippen molar-refractivity contribution < 1.29 is 9.59 Å². The van der Waals surface area contributed by atoms with Crippen LogP contribution >= 0.6 is 0 Å². The van der Waals surface area contributed by atoms with Crippen LogP contribution in [0.15, 0.2) is 0 Å². The number of carbonyl (C=O) groups excluding carboxylic acids is 2. The minimum atomic E-state index is -0.366. The lowest BCUT2D eigenvalue weighted by molar-refractivity contribution is -0.147. The Balaban J connectivity index is 2.82. The van der Waals surface area contributed by atoms with Gasteiger partial charge in [-0.25, -0.2) is 0 Å². The van der Waals surface area contributed by atoms with Gasteiger partial charge in [-0.3, -0.25) is 9.59 Å². The SMILES string of the molecule is CC(C)C1NC(=O)CN(CC(C)(C)C(C)C)C1=O. The van der Waals surface area contributed by atoms with Crippen molar-refractivity contribution >= 4 is 11.8 Å². The summed E-state index contributed by atoms with van der Waals surface area (Å²) in [7, 11) is 0. The molecular formula is C14H26N2O2. The summed E-state index contributed by atoms with van der Waals surface area (Å²) in [4.78, 5) is 25.7. The Morgan fingerprint density at radius 1 is 1.28 bits per heavy atom. The fraction of sp³-hybridized carbons (Fsp3) is 0.857. The first-order valence-electron chi connectivity index (χ1n) is 6.73. The highest BCUT2D eigenvalue weighted by atomic mass is 16.2. The topological polar surface area (TPSA) is 49.4 Å². The molecule has 0 spiro atoms. The highest BCUT2D eigenvalue weighted by molar-refractivity contribution is 5.95. The van der Waals surface area contributed by atoms with Gasteiger partial charge in [0.25, 0.3) is 0 Å². The van der Waals surface area contributed by atoms with Crippen molar-refractivity contribution in [2.24, 2.45) is 17.3 Å². The lowest BCUT2D eigenvalue weighted by Gasteiger charge is -2.40. The van der Waals surface area contributed by atoms with E-state index in [-0.39, 0.29) is 35.7 Å². The van der Waals surface area contributed by atoms with Crippen LogP contribution in [-0.4, -0.2) is 35.8 Å². The van der Waals surface area contributed by atoms with Gasteiger partial charge in [-0.1, -0.05) is 41.5 Å². The maximum Gasteiger partial charge on any atom is 0.245 e. The number of piperazine rings is 1. The van der Waals surface area contributed by atoms with Crippen LogP contribution in [0.3, 0.4) is 0 Å². The van der Waals surface area contributed by atoms with Gasteiger partial charge in [-0.05, 0) is 17.3 Å². The van der Waals surface area contributed by atoms with E-state index in [1.165, 1.54) is 0 Å². The molecule has 1 aliphatic heterocycles. The molecule has 4 heteroatoms. The lowest BCUT2D eigenvalue weighted by Crippen LogP contribution is -2.61. The summed E-state index contributed by atoms with van der Waals surface area (Å²) in [5.41, 5.74) is 0.0226. The third kappa shape index (κ3) is 3.24. The summed E-state index contributed by atoms with van der Waals surface area (Å²) in [5, 5.41) is 2.78. The summed E-state index contributed by atoms with van der Waals surface area (Å²) < 4.78 is 0. The third-order valence-electron chi connectivity index (χ3n) is 4.06. The molecule has 1 atom stereocenters. The van der Waals surface area contributed by atoms with Gasteiger partial charge in [0.2, 0.25) is 11.8 Å². The number of hydrogen-bond acceptors (Lipinski definition) is 2. The molecule has 104 valence electrons. The average molecular weight is 254 g/mol. The second-order valence-corrected chi connectivity index (χ2v) is 6.63. The molecule has 1 aliphatic rings. The van der Waals surface area contributed by atoms with Crippen LogP contribution in [0.2, 0.25) is 0 Å². The number of nitrogens with zero attached hydrogens (tertiary/aromatic N) is 1. The van der Waals surface area contributed by atoms with E-state index in [0.717, 1.165) is 0 Å². The van der Waals surface area contributed by atoms with Gasteiger partial charge < -0.3 is 10.2 Å². The number of nitrogens with one attached hydrogen (secondary N) is 1. The largest absolute Gasteiger partial charge is 0.343 e. The molecule has 0 bridgehead atoms. The van der Waals surface area contributed by atoms with Crippen molar-refractivity contribution in [1.82, 2.24) is 10.2 Å². The van der Waals surface area contributed by atoms with E-state index in [1.807, 2.05) is 13.8 Å². The summed E-state index contributed by atoms with van der Waals surface area (Å²) in [6.45, 7) is 13.3. The molecule has 0 saturated carbocycles. The summed E-state index contributed by atoms with van der Waals surface area (Å²) in [6.07, 6.45) is 0. The molecule has 1 heterocycles. The van der Waals surface area contributed by atoms with E-state index in [4.69, 9.17) is 0 Å². The molecule has 1 rings (SSSR count). The zero-order chi connectivity index (χ0) is 14.1. The van der Waals surface area contributed by atoms with Crippen molar-refractivity contribution in [3.05, 3.63) is 0 Å². The van der Waals surface area contributed by atoms with Gasteiger partial charge in [0.1, 0.15) is 6.04 Å². The second-order valence-electron chi connectivity index (χ2n) is 6.63. The van der Waals surface area contributed by atoms with Crippen molar-refractivity contribution in [2.45, 2.75) is 47.6 Å². The zero-order valence-electron chi connectivity index (χ0n) is 12.4. The molecule has 0 radical (unpaired) electrons. The van der Waals surface area contributed by atoms with Crippen LogP contribution in [-0.2, 0) is 9.59 Å². The maximum atomic E-state index is 12.3. The van der Waals surface area contributed by atoms with E-state index in [0.29, 0.717) is 12.5 Å². The molecule has 1 unspecified atom stereocenters. The highest BCUT2D eigenvalue weighted by Gasteiger charge is 2.37. The monoisotopic (exact) mass is 254 g/mol. The summed E-state index contributed by atoms with van der Waals surface area (Å²) >= 11 is 0. The number of hydrogen-bond donors (Lipinski definition) is 1. The van der Waals surface area contributed by atoms with E-state index < -0.39 is 0 Å². The van der Waals surface area contributed by atoms with Gasteiger partial charge in [-0.2, -0.15) is 0 Å². The molecule has 0 aromatic carbocycles. The Kier molecular flexibility index (Phi) is 4.41. The third-order valence-corrected chi connectivity index (χ3v) is 4.06. The molecule has 1 N–H and O–H groups in total. The molecular weight excluding hydrogens is 228 g/mol. The molecule has 0 aromatic rings. The first-order chi connectivity index (χ1) is 8.15. The minimum absolute atomic E-state index is 0.0226. The Bertz CT molecular complexity index is 335. The predicted molar refractivity (Wildman–Crippen MR) is 72.0 cm³/mol. The van der Waals surface area contributed by atoms with E-state index in [2.05, 4.69) is 33.0 Å². The van der Waals surface area contributed by atoms with Crippen LogP contribution in [0.25, 0.3) is 0 Å². The molecule has 1 saturated heterocycles. The van der Waals surface area contributed by atoms with Crippen molar-refractivity contribution in [1.29, 1.82) is 0 Å². The fourth-order valence-corrected chi connectivity index (χ4v) is 1.99. The van der Waals surface area contributed by atoms with Crippen molar-refractivity contribution in [3.63, 3.8) is 0 Å². The van der Waals surface area contributed by atoms with Gasteiger partial charge >= 0.3 is 0 Å². The lowest BCUT2D eigenvalue weighted by atomic mass is 9.80. The molecule has 0 aliphatic carbocycles. The number of amides is 2. The number of carbonyl (C=O) groups is 2. The smallest absolute Gasteiger partial charge is 0.245 e. The summed E-state index contributed by atoms with van der Waals surface area (Å²) in [5.74, 6) is 0.602. The molecule has 1 fully saturated rings. The fourth-order valence-electron chi connectivity index (χ4n) is 1.99. The normalized spacial score (nSPS) is 21.8. The van der Waals surface area contributed by atoms with Crippen LogP contribution in [0.1, 0.15) is 41.5 Å². The van der Waals surface area contributed by atoms with Gasteiger partial charge in [0, 0.05) is 6.54 Å². The van der Waals surface area contributed by atoms with Crippen LogP contribution in [0.4, 0.5) is 0 Å². The summed E-state index contributed by atoms with van der Waals surface area (Å²) in [6, 6.07) is -0.366. The first kappa shape index (κ1) is 15.0. The maximum absolute atomic E-state index is 12.3. The van der Waals surface area contributed by atoms with E-state index in [9.17, 15) is 9.59 Å². The standard InChI is InChI=1S/C14H26N2O2/c1-9(2)12-13(18)16(7-11(17)15-12)8-14(5,6)10(3)4/h9-10,12H,7-8H2,1-6H3,(H,15,17). The van der Waals surface area contributed by atoms with E-state index >= 15 is 0 Å². The van der Waals surface area contributed by atoms with Crippen molar-refractivity contribution in [3.8, 4) is 0 Å². The quantitative estimate of drug-likeness (QED) is 0.829.